The van der Waals surface area contributed by atoms with Gasteiger partial charge < -0.3 is 14.8 Å². The average Bonchev–Trinajstić information content (AvgIpc) is 2.55. The largest absolute Gasteiger partial charge is 0.494 e. The Morgan fingerprint density at radius 2 is 2.04 bits per heavy atom. The Balaban J connectivity index is 1.95. The highest BCUT2D eigenvalue weighted by molar-refractivity contribution is 6.01. The van der Waals surface area contributed by atoms with Crippen LogP contribution >= 0.6 is 0 Å². The van der Waals surface area contributed by atoms with Gasteiger partial charge >= 0.3 is 0 Å². The van der Waals surface area contributed by atoms with Crippen molar-refractivity contribution < 1.29 is 14.3 Å². The van der Waals surface area contributed by atoms with Crippen molar-refractivity contribution in [3.8, 4) is 5.75 Å². The van der Waals surface area contributed by atoms with Crippen molar-refractivity contribution in [3.05, 3.63) is 53.3 Å². The van der Waals surface area contributed by atoms with Crippen LogP contribution in [0.4, 0.5) is 5.69 Å². The molecule has 1 N–H and O–H groups in total. The van der Waals surface area contributed by atoms with E-state index >= 15 is 0 Å². The highest BCUT2D eigenvalue weighted by Crippen LogP contribution is 2.38. The number of methoxy groups -OCH3 is 1. The van der Waals surface area contributed by atoms with Crippen LogP contribution < -0.4 is 10.1 Å². The third kappa shape index (κ3) is 3.12. The number of carbonyl (C=O) groups is 1. The number of aromatic nitrogens is 1. The summed E-state index contributed by atoms with van der Waals surface area (Å²) in [5.74, 6) is 0.848. The lowest BCUT2D eigenvalue weighted by Crippen LogP contribution is -2.56. The monoisotopic (exact) mass is 340 g/mol. The zero-order chi connectivity index (χ0) is 18.0. The molecular weight excluding hydrogens is 316 g/mol. The molecule has 1 aromatic heterocycles. The third-order valence-electron chi connectivity index (χ3n) is 4.70. The van der Waals surface area contributed by atoms with E-state index in [9.17, 15) is 4.79 Å². The van der Waals surface area contributed by atoms with Crippen molar-refractivity contribution >= 4 is 11.6 Å². The molecule has 132 valence electrons. The minimum atomic E-state index is -0.670. The first kappa shape index (κ1) is 17.4. The predicted molar refractivity (Wildman–Crippen MR) is 97.2 cm³/mol. The van der Waals surface area contributed by atoms with Crippen LogP contribution in [0, 0.1) is 6.92 Å². The minimum Gasteiger partial charge on any atom is -0.494 e. The van der Waals surface area contributed by atoms with E-state index in [0.717, 1.165) is 11.3 Å². The fraction of sp³-hybridized carbons (Fsp3) is 0.400. The maximum atomic E-state index is 13.2. The van der Waals surface area contributed by atoms with E-state index in [2.05, 4.69) is 30.2 Å². The molecule has 25 heavy (non-hydrogen) atoms. The number of nitrogens with zero attached hydrogens (tertiary/aromatic N) is 1. The topological polar surface area (TPSA) is 60.5 Å². The molecule has 2 heterocycles. The SMILES string of the molecule is COc1cc(C)ncc1NC(=O)C1(c2ccccc2C(C)C)COC1. The summed E-state index contributed by atoms with van der Waals surface area (Å²) in [4.78, 5) is 17.4. The van der Waals surface area contributed by atoms with Gasteiger partial charge in [0.2, 0.25) is 5.91 Å². The molecular formula is C20H24N2O3. The highest BCUT2D eigenvalue weighted by atomic mass is 16.5. The van der Waals surface area contributed by atoms with Crippen LogP contribution in [0.25, 0.3) is 0 Å². The summed E-state index contributed by atoms with van der Waals surface area (Å²) in [5, 5.41) is 2.99. The van der Waals surface area contributed by atoms with Crippen LogP contribution in [-0.2, 0) is 14.9 Å². The van der Waals surface area contributed by atoms with Crippen molar-refractivity contribution in [2.75, 3.05) is 25.6 Å². The standard InChI is InChI=1S/C20H24N2O3/c1-13(2)15-7-5-6-8-16(15)20(11-25-12-20)19(23)22-17-10-21-14(3)9-18(17)24-4/h5-10,13H,11-12H2,1-4H3,(H,22,23). The van der Waals surface area contributed by atoms with Crippen molar-refractivity contribution in [1.82, 2.24) is 4.98 Å². The normalized spacial score (nSPS) is 15.6. The van der Waals surface area contributed by atoms with Gasteiger partial charge in [-0.15, -0.1) is 0 Å². The number of nitrogens with one attached hydrogen (secondary N) is 1. The van der Waals surface area contributed by atoms with Gasteiger partial charge in [0.1, 0.15) is 16.9 Å². The number of hydrogen-bond acceptors (Lipinski definition) is 4. The van der Waals surface area contributed by atoms with Gasteiger partial charge in [-0.05, 0) is 24.0 Å². The zero-order valence-corrected chi connectivity index (χ0v) is 15.1. The van der Waals surface area contributed by atoms with Gasteiger partial charge in [0.05, 0.1) is 26.5 Å². The predicted octanol–water partition coefficient (Wildman–Crippen LogP) is 3.43. The first-order valence-electron chi connectivity index (χ1n) is 8.47. The summed E-state index contributed by atoms with van der Waals surface area (Å²) in [6.07, 6.45) is 1.63. The molecule has 2 aromatic rings. The number of carbonyl (C=O) groups excluding carboxylic acids is 1. The number of anilines is 1. The molecule has 0 spiro atoms. The van der Waals surface area contributed by atoms with Gasteiger partial charge in [-0.3, -0.25) is 9.78 Å². The van der Waals surface area contributed by atoms with Crippen LogP contribution in [-0.4, -0.2) is 31.2 Å². The number of pyridine rings is 1. The first-order valence-corrected chi connectivity index (χ1v) is 8.47. The average molecular weight is 340 g/mol. The Morgan fingerprint density at radius 3 is 2.64 bits per heavy atom. The molecule has 1 fully saturated rings. The van der Waals surface area contributed by atoms with E-state index in [-0.39, 0.29) is 5.91 Å². The molecule has 1 amide bonds. The fourth-order valence-corrected chi connectivity index (χ4v) is 3.19. The molecule has 1 saturated heterocycles. The van der Waals surface area contributed by atoms with Gasteiger partial charge in [-0.1, -0.05) is 38.1 Å². The summed E-state index contributed by atoms with van der Waals surface area (Å²) in [5.41, 5.74) is 2.95. The quantitative estimate of drug-likeness (QED) is 0.906. The lowest BCUT2D eigenvalue weighted by Gasteiger charge is -2.41. The Labute approximate surface area is 148 Å². The summed E-state index contributed by atoms with van der Waals surface area (Å²) in [6.45, 7) is 6.91. The summed E-state index contributed by atoms with van der Waals surface area (Å²) in [6, 6.07) is 9.91. The maximum Gasteiger partial charge on any atom is 0.239 e. The van der Waals surface area contributed by atoms with Crippen molar-refractivity contribution in [1.29, 1.82) is 0 Å². The molecule has 0 saturated carbocycles. The summed E-state index contributed by atoms with van der Waals surface area (Å²) < 4.78 is 10.8. The van der Waals surface area contributed by atoms with Gasteiger partial charge in [0.25, 0.3) is 0 Å². The van der Waals surface area contributed by atoms with Gasteiger partial charge in [-0.2, -0.15) is 0 Å². The van der Waals surface area contributed by atoms with Crippen LogP contribution in [0.2, 0.25) is 0 Å². The molecule has 1 aromatic carbocycles. The van der Waals surface area contributed by atoms with Crippen molar-refractivity contribution in [2.45, 2.75) is 32.1 Å². The molecule has 0 radical (unpaired) electrons. The Hall–Kier alpha value is -2.40. The smallest absolute Gasteiger partial charge is 0.239 e. The molecule has 1 aliphatic rings. The summed E-state index contributed by atoms with van der Waals surface area (Å²) >= 11 is 0. The number of aryl methyl sites for hydroxylation is 1. The second-order valence-electron chi connectivity index (χ2n) is 6.80. The van der Waals surface area contributed by atoms with Crippen molar-refractivity contribution in [3.63, 3.8) is 0 Å². The molecule has 0 atom stereocenters. The number of ether oxygens (including phenoxy) is 2. The van der Waals surface area contributed by atoms with E-state index in [1.807, 2.05) is 31.2 Å². The number of benzene rings is 1. The van der Waals surface area contributed by atoms with Crippen molar-refractivity contribution in [2.24, 2.45) is 0 Å². The lowest BCUT2D eigenvalue weighted by molar-refractivity contribution is -0.139. The maximum absolute atomic E-state index is 13.2. The molecule has 0 unspecified atom stereocenters. The number of rotatable bonds is 5. The summed E-state index contributed by atoms with van der Waals surface area (Å²) in [7, 11) is 1.58. The van der Waals surface area contributed by atoms with Gasteiger partial charge in [0.15, 0.2) is 0 Å². The molecule has 3 rings (SSSR count). The Morgan fingerprint density at radius 1 is 1.32 bits per heavy atom. The van der Waals surface area contributed by atoms with E-state index < -0.39 is 5.41 Å². The van der Waals surface area contributed by atoms with Crippen LogP contribution in [0.1, 0.15) is 36.6 Å². The molecule has 5 nitrogen and oxygen atoms in total. The van der Waals surface area contributed by atoms with E-state index in [4.69, 9.17) is 9.47 Å². The number of hydrogen-bond donors (Lipinski definition) is 1. The van der Waals surface area contributed by atoms with Crippen LogP contribution in [0.3, 0.4) is 0 Å². The van der Waals surface area contributed by atoms with Gasteiger partial charge in [0, 0.05) is 11.8 Å². The first-order chi connectivity index (χ1) is 12.0. The van der Waals surface area contributed by atoms with E-state index in [1.54, 1.807) is 13.3 Å². The van der Waals surface area contributed by atoms with E-state index in [0.29, 0.717) is 30.6 Å². The molecule has 1 aliphatic heterocycles. The minimum absolute atomic E-state index is 0.0872. The second-order valence-corrected chi connectivity index (χ2v) is 6.80. The molecule has 5 heteroatoms. The zero-order valence-electron chi connectivity index (χ0n) is 15.1. The third-order valence-corrected chi connectivity index (χ3v) is 4.70. The van der Waals surface area contributed by atoms with Gasteiger partial charge in [-0.25, -0.2) is 0 Å². The molecule has 0 aliphatic carbocycles. The highest BCUT2D eigenvalue weighted by Gasteiger charge is 2.49. The lowest BCUT2D eigenvalue weighted by atomic mass is 9.73. The fourth-order valence-electron chi connectivity index (χ4n) is 3.19. The van der Waals surface area contributed by atoms with Crippen LogP contribution in [0.5, 0.6) is 5.75 Å². The molecule has 0 bridgehead atoms. The number of amides is 1. The Bertz CT molecular complexity index is 782. The van der Waals surface area contributed by atoms with Crippen LogP contribution in [0.15, 0.2) is 36.5 Å². The second kappa shape index (κ2) is 6.84. The van der Waals surface area contributed by atoms with E-state index in [1.165, 1.54) is 5.56 Å². The Kier molecular flexibility index (Phi) is 4.77.